The molecule has 0 aromatic carbocycles. The molecule has 0 radical (unpaired) electrons. The molecule has 7 heteroatoms. The van der Waals surface area contributed by atoms with Gasteiger partial charge in [-0.3, -0.25) is 0 Å². The van der Waals surface area contributed by atoms with E-state index in [1.807, 2.05) is 32.8 Å². The average molecular weight is 283 g/mol. The second kappa shape index (κ2) is 8.52. The summed E-state index contributed by atoms with van der Waals surface area (Å²) in [6, 6.07) is 0.314. The molecule has 1 aromatic rings. The molecule has 114 valence electrons. The molecular formula is C13H25N5O2. The predicted molar refractivity (Wildman–Crippen MR) is 79.5 cm³/mol. The van der Waals surface area contributed by atoms with Crippen LogP contribution in [0.2, 0.25) is 0 Å². The van der Waals surface area contributed by atoms with Crippen molar-refractivity contribution in [3.8, 4) is 6.01 Å². The van der Waals surface area contributed by atoms with Gasteiger partial charge in [0.1, 0.15) is 6.10 Å². The van der Waals surface area contributed by atoms with Gasteiger partial charge in [0.25, 0.3) is 0 Å². The molecule has 1 aromatic heterocycles. The summed E-state index contributed by atoms with van der Waals surface area (Å²) in [5.41, 5.74) is 0. The van der Waals surface area contributed by atoms with E-state index >= 15 is 0 Å². The zero-order valence-electron chi connectivity index (χ0n) is 13.0. The van der Waals surface area contributed by atoms with Crippen molar-refractivity contribution < 1.29 is 9.47 Å². The van der Waals surface area contributed by atoms with Crippen molar-refractivity contribution in [1.29, 1.82) is 0 Å². The van der Waals surface area contributed by atoms with Crippen LogP contribution in [-0.4, -0.2) is 54.9 Å². The molecular weight excluding hydrogens is 258 g/mol. The third kappa shape index (κ3) is 5.56. The third-order valence-corrected chi connectivity index (χ3v) is 2.40. The monoisotopic (exact) mass is 283 g/mol. The number of aromatic nitrogens is 3. The molecule has 0 aliphatic carbocycles. The maximum Gasteiger partial charge on any atom is 0.323 e. The van der Waals surface area contributed by atoms with Crippen molar-refractivity contribution in [3.63, 3.8) is 0 Å². The van der Waals surface area contributed by atoms with Gasteiger partial charge in [-0.25, -0.2) is 0 Å². The molecule has 1 heterocycles. The summed E-state index contributed by atoms with van der Waals surface area (Å²) in [6.45, 7) is 7.95. The van der Waals surface area contributed by atoms with Crippen molar-refractivity contribution in [2.24, 2.45) is 0 Å². The lowest BCUT2D eigenvalue weighted by atomic mass is 10.4. The summed E-state index contributed by atoms with van der Waals surface area (Å²) < 4.78 is 11.0. The summed E-state index contributed by atoms with van der Waals surface area (Å²) in [5.74, 6) is 1.10. The van der Waals surface area contributed by atoms with E-state index in [1.165, 1.54) is 0 Å². The Balaban J connectivity index is 2.79. The minimum absolute atomic E-state index is 0.105. The topological polar surface area (TPSA) is 72.4 Å². The van der Waals surface area contributed by atoms with Crippen LogP contribution in [0.25, 0.3) is 0 Å². The molecule has 0 aliphatic heterocycles. The Morgan fingerprint density at radius 1 is 1.20 bits per heavy atom. The number of nitrogens with one attached hydrogen (secondary N) is 1. The second-order valence-corrected chi connectivity index (χ2v) is 4.65. The first-order valence-electron chi connectivity index (χ1n) is 6.98. The zero-order valence-corrected chi connectivity index (χ0v) is 13.0. The van der Waals surface area contributed by atoms with Crippen LogP contribution in [0.15, 0.2) is 0 Å². The number of anilines is 2. The molecule has 0 amide bonds. The van der Waals surface area contributed by atoms with Crippen molar-refractivity contribution in [2.45, 2.75) is 33.3 Å². The van der Waals surface area contributed by atoms with Crippen LogP contribution in [0.1, 0.15) is 27.2 Å². The maximum atomic E-state index is 5.67. The number of hydrogen-bond acceptors (Lipinski definition) is 7. The van der Waals surface area contributed by atoms with Crippen molar-refractivity contribution >= 4 is 11.9 Å². The van der Waals surface area contributed by atoms with Crippen LogP contribution >= 0.6 is 0 Å². The van der Waals surface area contributed by atoms with Crippen LogP contribution in [-0.2, 0) is 4.74 Å². The molecule has 0 fully saturated rings. The van der Waals surface area contributed by atoms with E-state index in [9.17, 15) is 0 Å². The van der Waals surface area contributed by atoms with Gasteiger partial charge in [0, 0.05) is 27.2 Å². The summed E-state index contributed by atoms with van der Waals surface area (Å²) in [6.07, 6.45) is 0.895. The lowest BCUT2D eigenvalue weighted by Gasteiger charge is -2.16. The van der Waals surface area contributed by atoms with E-state index in [0.29, 0.717) is 31.1 Å². The average Bonchev–Trinajstić information content (AvgIpc) is 2.42. The number of ether oxygens (including phenoxy) is 2. The molecule has 1 atom stereocenters. The number of rotatable bonds is 9. The highest BCUT2D eigenvalue weighted by Crippen LogP contribution is 2.14. The zero-order chi connectivity index (χ0) is 15.0. The summed E-state index contributed by atoms with van der Waals surface area (Å²) >= 11 is 0. The van der Waals surface area contributed by atoms with Crippen molar-refractivity contribution in [1.82, 2.24) is 15.0 Å². The van der Waals surface area contributed by atoms with E-state index in [-0.39, 0.29) is 6.10 Å². The smallest absolute Gasteiger partial charge is 0.323 e. The molecule has 0 saturated heterocycles. The molecule has 0 saturated carbocycles. The highest BCUT2D eigenvalue weighted by atomic mass is 16.5. The molecule has 0 aliphatic rings. The van der Waals surface area contributed by atoms with Gasteiger partial charge in [0.15, 0.2) is 0 Å². The van der Waals surface area contributed by atoms with E-state index in [2.05, 4.69) is 27.2 Å². The molecule has 1 rings (SSSR count). The Morgan fingerprint density at radius 3 is 2.55 bits per heavy atom. The van der Waals surface area contributed by atoms with Gasteiger partial charge in [0.2, 0.25) is 11.9 Å². The normalized spacial score (nSPS) is 12.1. The molecule has 1 unspecified atom stereocenters. The van der Waals surface area contributed by atoms with Crippen LogP contribution in [0.3, 0.4) is 0 Å². The fourth-order valence-electron chi connectivity index (χ4n) is 1.41. The standard InChI is InChI=1S/C13H25N5O2/c1-6-8-14-11-15-12(18(4)5)17-13(16-11)20-10(3)9-19-7-2/h10H,6-9H2,1-5H3,(H,14,15,16,17). The first kappa shape index (κ1) is 16.4. The van der Waals surface area contributed by atoms with Gasteiger partial charge in [-0.1, -0.05) is 6.92 Å². The van der Waals surface area contributed by atoms with Gasteiger partial charge in [-0.05, 0) is 20.3 Å². The van der Waals surface area contributed by atoms with E-state index in [4.69, 9.17) is 9.47 Å². The van der Waals surface area contributed by atoms with Gasteiger partial charge < -0.3 is 19.7 Å². The quantitative estimate of drug-likeness (QED) is 0.737. The summed E-state index contributed by atoms with van der Waals surface area (Å²) in [7, 11) is 3.76. The molecule has 20 heavy (non-hydrogen) atoms. The highest BCUT2D eigenvalue weighted by Gasteiger charge is 2.12. The van der Waals surface area contributed by atoms with Gasteiger partial charge in [-0.15, -0.1) is 0 Å². The largest absolute Gasteiger partial charge is 0.458 e. The van der Waals surface area contributed by atoms with Crippen molar-refractivity contribution in [3.05, 3.63) is 0 Å². The molecule has 0 bridgehead atoms. The lowest BCUT2D eigenvalue weighted by Crippen LogP contribution is -2.22. The minimum atomic E-state index is -0.105. The van der Waals surface area contributed by atoms with Gasteiger partial charge >= 0.3 is 6.01 Å². The highest BCUT2D eigenvalue weighted by molar-refractivity contribution is 5.36. The van der Waals surface area contributed by atoms with Crippen LogP contribution in [0.4, 0.5) is 11.9 Å². The van der Waals surface area contributed by atoms with Crippen LogP contribution in [0.5, 0.6) is 6.01 Å². The first-order chi connectivity index (χ1) is 9.56. The van der Waals surface area contributed by atoms with E-state index < -0.39 is 0 Å². The first-order valence-corrected chi connectivity index (χ1v) is 6.98. The molecule has 7 nitrogen and oxygen atoms in total. The van der Waals surface area contributed by atoms with E-state index in [1.54, 1.807) is 0 Å². The Hall–Kier alpha value is -1.63. The minimum Gasteiger partial charge on any atom is -0.458 e. The fourth-order valence-corrected chi connectivity index (χ4v) is 1.41. The van der Waals surface area contributed by atoms with Gasteiger partial charge in [0.05, 0.1) is 6.61 Å². The maximum absolute atomic E-state index is 5.67. The van der Waals surface area contributed by atoms with Gasteiger partial charge in [-0.2, -0.15) is 15.0 Å². The van der Waals surface area contributed by atoms with Crippen LogP contribution < -0.4 is 15.0 Å². The SMILES string of the molecule is CCCNc1nc(OC(C)COCC)nc(N(C)C)n1. The Morgan fingerprint density at radius 2 is 1.95 bits per heavy atom. The van der Waals surface area contributed by atoms with E-state index in [0.717, 1.165) is 13.0 Å². The summed E-state index contributed by atoms with van der Waals surface area (Å²) in [5, 5.41) is 3.15. The predicted octanol–water partition coefficient (Wildman–Crippen LogP) is 1.56. The third-order valence-electron chi connectivity index (χ3n) is 2.40. The van der Waals surface area contributed by atoms with Crippen molar-refractivity contribution in [2.75, 3.05) is 44.1 Å². The Bertz CT molecular complexity index is 400. The van der Waals surface area contributed by atoms with Crippen LogP contribution in [0, 0.1) is 0 Å². The summed E-state index contributed by atoms with van der Waals surface area (Å²) in [4.78, 5) is 14.7. The Kier molecular flexibility index (Phi) is 7.00. The second-order valence-electron chi connectivity index (χ2n) is 4.65. The number of nitrogens with zero attached hydrogens (tertiary/aromatic N) is 4. The lowest BCUT2D eigenvalue weighted by molar-refractivity contribution is 0.0607. The molecule has 0 spiro atoms. The number of hydrogen-bond donors (Lipinski definition) is 1. The molecule has 1 N–H and O–H groups in total. The Labute approximate surface area is 120 Å². The fraction of sp³-hybridized carbons (Fsp3) is 0.769.